The first-order valence-corrected chi connectivity index (χ1v) is 5.42. The largest absolute Gasteiger partial charge is 0.474 e. The van der Waals surface area contributed by atoms with Crippen molar-refractivity contribution in [3.63, 3.8) is 0 Å². The van der Waals surface area contributed by atoms with Crippen LogP contribution in [-0.4, -0.2) is 17.5 Å². The third kappa shape index (κ3) is 3.66. The molecule has 80 valence electrons. The average molecular weight is 213 g/mol. The van der Waals surface area contributed by atoms with Gasteiger partial charge in [0.1, 0.15) is 5.60 Å². The van der Waals surface area contributed by atoms with Crippen molar-refractivity contribution in [1.82, 2.24) is 5.32 Å². The average Bonchev–Trinajstić information content (AvgIpc) is 2.78. The molecule has 0 bridgehead atoms. The van der Waals surface area contributed by atoms with Gasteiger partial charge in [0.2, 0.25) is 0 Å². The minimum Gasteiger partial charge on any atom is -0.474 e. The topological polar surface area (TPSA) is 21.3 Å². The third-order valence-electron chi connectivity index (χ3n) is 2.21. The Hall–Kier alpha value is -0.570. The molecule has 1 aliphatic rings. The molecule has 1 aliphatic carbocycles. The Balaban J connectivity index is 2.25. The van der Waals surface area contributed by atoms with E-state index in [1.54, 1.807) is 0 Å². The second-order valence-electron chi connectivity index (χ2n) is 4.97. The summed E-state index contributed by atoms with van der Waals surface area (Å²) in [6.45, 7) is 10.7. The molecule has 0 aromatic carbocycles. The van der Waals surface area contributed by atoms with Crippen LogP contribution in [-0.2, 0) is 4.74 Å². The van der Waals surface area contributed by atoms with Crippen molar-refractivity contribution in [2.75, 3.05) is 6.54 Å². The van der Waals surface area contributed by atoms with Gasteiger partial charge in [0.25, 0.3) is 0 Å². The van der Waals surface area contributed by atoms with Crippen LogP contribution in [0.3, 0.4) is 0 Å². The van der Waals surface area contributed by atoms with E-state index < -0.39 is 0 Å². The van der Waals surface area contributed by atoms with Gasteiger partial charge < -0.3 is 10.1 Å². The van der Waals surface area contributed by atoms with Crippen molar-refractivity contribution in [2.45, 2.75) is 39.2 Å². The predicted octanol–water partition coefficient (Wildman–Crippen LogP) is 2.64. The van der Waals surface area contributed by atoms with E-state index in [9.17, 15) is 0 Å². The monoisotopic (exact) mass is 213 g/mol. The van der Waals surface area contributed by atoms with Crippen molar-refractivity contribution >= 4 is 17.6 Å². The van der Waals surface area contributed by atoms with E-state index >= 15 is 0 Å². The first-order valence-electron chi connectivity index (χ1n) is 4.95. The molecule has 0 aromatic heterocycles. The summed E-state index contributed by atoms with van der Waals surface area (Å²) in [7, 11) is 0. The highest BCUT2D eigenvalue weighted by Crippen LogP contribution is 2.43. The van der Waals surface area contributed by atoms with Crippen LogP contribution < -0.4 is 5.32 Å². The van der Waals surface area contributed by atoms with Gasteiger partial charge in [0.05, 0.1) is 0 Å². The molecule has 1 fully saturated rings. The van der Waals surface area contributed by atoms with E-state index in [2.05, 4.69) is 11.9 Å². The second-order valence-corrected chi connectivity index (χ2v) is 5.21. The second kappa shape index (κ2) is 3.89. The van der Waals surface area contributed by atoms with Gasteiger partial charge in [-0.05, 0) is 45.6 Å². The number of hydrogen-bond donors (Lipinski definition) is 1. The molecular formula is C11H19NOS. The van der Waals surface area contributed by atoms with Crippen LogP contribution in [0.5, 0.6) is 0 Å². The van der Waals surface area contributed by atoms with E-state index in [1.807, 2.05) is 26.1 Å². The summed E-state index contributed by atoms with van der Waals surface area (Å²) in [5.74, 6) is 0.639. The first-order chi connectivity index (χ1) is 6.37. The Morgan fingerprint density at radius 3 is 2.50 bits per heavy atom. The molecule has 0 atom stereocenters. The zero-order chi connectivity index (χ0) is 10.8. The van der Waals surface area contributed by atoms with Gasteiger partial charge >= 0.3 is 0 Å². The lowest BCUT2D eigenvalue weighted by Crippen LogP contribution is -2.29. The molecule has 0 amide bonds. The molecule has 2 nitrogen and oxygen atoms in total. The summed E-state index contributed by atoms with van der Waals surface area (Å²) in [5, 5.41) is 5.04. The van der Waals surface area contributed by atoms with Gasteiger partial charge in [0.15, 0.2) is 5.88 Å². The van der Waals surface area contributed by atoms with E-state index in [4.69, 9.17) is 17.0 Å². The normalized spacial score (nSPS) is 18.5. The lowest BCUT2D eigenvalue weighted by Gasteiger charge is -2.24. The Morgan fingerprint density at radius 1 is 1.57 bits per heavy atom. The minimum atomic E-state index is -0.182. The van der Waals surface area contributed by atoms with E-state index in [-0.39, 0.29) is 11.0 Å². The fourth-order valence-electron chi connectivity index (χ4n) is 1.18. The third-order valence-corrected chi connectivity index (χ3v) is 2.71. The van der Waals surface area contributed by atoms with E-state index in [1.165, 1.54) is 12.8 Å². The lowest BCUT2D eigenvalue weighted by molar-refractivity contribution is 0.0409. The molecule has 0 aromatic rings. The van der Waals surface area contributed by atoms with Gasteiger partial charge in [-0.1, -0.05) is 12.2 Å². The van der Waals surface area contributed by atoms with Crippen LogP contribution in [0.1, 0.15) is 33.6 Å². The molecule has 0 radical (unpaired) electrons. The number of nitrogens with one attached hydrogen (secondary N) is 1. The van der Waals surface area contributed by atoms with Crippen LogP contribution in [0.4, 0.5) is 0 Å². The molecule has 0 unspecified atom stereocenters. The summed E-state index contributed by atoms with van der Waals surface area (Å²) >= 11 is 4.98. The molecule has 0 heterocycles. The van der Waals surface area contributed by atoms with Crippen molar-refractivity contribution in [1.29, 1.82) is 0 Å². The van der Waals surface area contributed by atoms with Gasteiger partial charge in [0, 0.05) is 12.0 Å². The van der Waals surface area contributed by atoms with Crippen LogP contribution in [0, 0.1) is 5.41 Å². The van der Waals surface area contributed by atoms with Crippen LogP contribution in [0.2, 0.25) is 0 Å². The fourth-order valence-corrected chi connectivity index (χ4v) is 1.50. The quantitative estimate of drug-likeness (QED) is 0.560. The van der Waals surface area contributed by atoms with Gasteiger partial charge in [-0.3, -0.25) is 0 Å². The lowest BCUT2D eigenvalue weighted by atomic mass is 10.1. The predicted molar refractivity (Wildman–Crippen MR) is 63.3 cm³/mol. The maximum atomic E-state index is 5.55. The van der Waals surface area contributed by atoms with Crippen molar-refractivity contribution in [2.24, 2.45) is 5.41 Å². The van der Waals surface area contributed by atoms with Crippen molar-refractivity contribution in [3.8, 4) is 0 Å². The Kier molecular flexibility index (Phi) is 3.20. The minimum absolute atomic E-state index is 0.182. The SMILES string of the molecule is C=C(NCC1(C=S)CC1)OC(C)(C)C. The number of rotatable bonds is 5. The summed E-state index contributed by atoms with van der Waals surface area (Å²) in [4.78, 5) is 0. The van der Waals surface area contributed by atoms with Crippen LogP contribution in [0.15, 0.2) is 12.5 Å². The van der Waals surface area contributed by atoms with Gasteiger partial charge in [-0.15, -0.1) is 0 Å². The molecule has 1 saturated carbocycles. The zero-order valence-electron chi connectivity index (χ0n) is 9.22. The van der Waals surface area contributed by atoms with E-state index in [0.717, 1.165) is 6.54 Å². The van der Waals surface area contributed by atoms with Gasteiger partial charge in [-0.2, -0.15) is 0 Å². The molecule has 14 heavy (non-hydrogen) atoms. The molecule has 1 N–H and O–H groups in total. The molecule has 1 rings (SSSR count). The molecule has 3 heteroatoms. The highest BCUT2D eigenvalue weighted by atomic mass is 32.1. The van der Waals surface area contributed by atoms with Crippen LogP contribution >= 0.6 is 12.2 Å². The molecule has 0 saturated heterocycles. The highest BCUT2D eigenvalue weighted by molar-refractivity contribution is 7.79. The highest BCUT2D eigenvalue weighted by Gasteiger charge is 2.40. The Labute approximate surface area is 91.7 Å². The maximum Gasteiger partial charge on any atom is 0.179 e. The summed E-state index contributed by atoms with van der Waals surface area (Å²) in [5.41, 5.74) is 0.0536. The molecular weight excluding hydrogens is 194 g/mol. The smallest absolute Gasteiger partial charge is 0.179 e. The van der Waals surface area contributed by atoms with Crippen molar-refractivity contribution < 1.29 is 4.74 Å². The van der Waals surface area contributed by atoms with Gasteiger partial charge in [-0.25, -0.2) is 0 Å². The Bertz CT molecular complexity index is 238. The first kappa shape index (κ1) is 11.5. The summed E-state index contributed by atoms with van der Waals surface area (Å²) < 4.78 is 5.55. The zero-order valence-corrected chi connectivity index (χ0v) is 10.0. The van der Waals surface area contributed by atoms with Crippen molar-refractivity contribution in [3.05, 3.63) is 12.5 Å². The summed E-state index contributed by atoms with van der Waals surface area (Å²) in [6.07, 6.45) is 2.37. The van der Waals surface area contributed by atoms with Crippen LogP contribution in [0.25, 0.3) is 0 Å². The summed E-state index contributed by atoms with van der Waals surface area (Å²) in [6, 6.07) is 0. The Morgan fingerprint density at radius 2 is 2.14 bits per heavy atom. The molecule has 0 aliphatic heterocycles. The maximum absolute atomic E-state index is 5.55. The number of thiocarbonyl (C=S) groups is 1. The standard InChI is InChI=1S/C11H19NOS/c1-9(13-10(2,3)4)12-7-11(8-14)5-6-11/h8,12H,1,5-7H2,2-4H3. The van der Waals surface area contributed by atoms with E-state index in [0.29, 0.717) is 5.88 Å². The molecule has 0 spiro atoms. The number of ether oxygens (including phenoxy) is 1. The number of hydrogen-bond acceptors (Lipinski definition) is 3. The fraction of sp³-hybridized carbons (Fsp3) is 0.727.